The lowest BCUT2D eigenvalue weighted by atomic mass is 10.2. The van der Waals surface area contributed by atoms with Crippen molar-refractivity contribution >= 4 is 27.3 Å². The van der Waals surface area contributed by atoms with Gasteiger partial charge in [-0.05, 0) is 20.3 Å². The lowest BCUT2D eigenvalue weighted by Gasteiger charge is -2.04. The summed E-state index contributed by atoms with van der Waals surface area (Å²) < 4.78 is 0. The number of hydrogen-bond acceptors (Lipinski definition) is 2. The quantitative estimate of drug-likeness (QED) is 0.751. The Balaban J connectivity index is 2.53. The van der Waals surface area contributed by atoms with Gasteiger partial charge in [0.05, 0.1) is 10.7 Å². The smallest absolute Gasteiger partial charge is 0.0942 e. The zero-order valence-corrected chi connectivity index (χ0v) is 10.8. The molecule has 0 bridgehead atoms. The third-order valence-electron chi connectivity index (χ3n) is 2.07. The van der Waals surface area contributed by atoms with Crippen LogP contribution < -0.4 is 0 Å². The molecule has 1 rings (SSSR count). The van der Waals surface area contributed by atoms with Crippen molar-refractivity contribution in [1.29, 1.82) is 0 Å². The fourth-order valence-corrected chi connectivity index (χ4v) is 3.22. The Hall–Kier alpha value is 0.110. The van der Waals surface area contributed by atoms with Crippen molar-refractivity contribution < 1.29 is 0 Å². The minimum Gasteiger partial charge on any atom is -0.246 e. The van der Waals surface area contributed by atoms with Crippen molar-refractivity contribution in [2.24, 2.45) is 0 Å². The van der Waals surface area contributed by atoms with Crippen LogP contribution in [0.15, 0.2) is 0 Å². The molecule has 0 N–H and O–H groups in total. The van der Waals surface area contributed by atoms with Gasteiger partial charge in [-0.25, -0.2) is 4.98 Å². The maximum Gasteiger partial charge on any atom is 0.0942 e. The Morgan fingerprint density at radius 3 is 2.62 bits per heavy atom. The van der Waals surface area contributed by atoms with Crippen molar-refractivity contribution in [2.75, 3.05) is 0 Å². The van der Waals surface area contributed by atoms with Gasteiger partial charge in [0.25, 0.3) is 0 Å². The van der Waals surface area contributed by atoms with Gasteiger partial charge >= 0.3 is 0 Å². The lowest BCUT2D eigenvalue weighted by molar-refractivity contribution is 0.741. The van der Waals surface area contributed by atoms with E-state index in [1.807, 2.05) is 11.3 Å². The first kappa shape index (κ1) is 11.2. The fourth-order valence-electron chi connectivity index (χ4n) is 1.23. The van der Waals surface area contributed by atoms with Crippen molar-refractivity contribution in [3.63, 3.8) is 0 Å². The number of thiazole rings is 1. The monoisotopic (exact) mass is 261 g/mol. The van der Waals surface area contributed by atoms with Crippen LogP contribution in [0.4, 0.5) is 0 Å². The van der Waals surface area contributed by atoms with E-state index < -0.39 is 0 Å². The predicted octanol–water partition coefficient (Wildman–Crippen LogP) is 3.87. The van der Waals surface area contributed by atoms with Crippen molar-refractivity contribution in [3.05, 3.63) is 15.6 Å². The second-order valence-electron chi connectivity index (χ2n) is 3.34. The summed E-state index contributed by atoms with van der Waals surface area (Å²) in [6.07, 6.45) is 3.55. The van der Waals surface area contributed by atoms with Gasteiger partial charge in [-0.1, -0.05) is 29.3 Å². The van der Waals surface area contributed by atoms with Crippen LogP contribution in [-0.2, 0) is 6.42 Å². The van der Waals surface area contributed by atoms with Gasteiger partial charge in [-0.3, -0.25) is 0 Å². The minimum atomic E-state index is 0.599. The third-order valence-corrected chi connectivity index (χ3v) is 3.95. The normalized spacial score (nSPS) is 13.2. The van der Waals surface area contributed by atoms with Crippen LogP contribution in [0.5, 0.6) is 0 Å². The summed E-state index contributed by atoms with van der Waals surface area (Å²) in [5.41, 5.74) is 1.19. The molecule has 1 unspecified atom stereocenters. The lowest BCUT2D eigenvalue weighted by Crippen LogP contribution is -2.01. The topological polar surface area (TPSA) is 12.9 Å². The highest BCUT2D eigenvalue weighted by molar-refractivity contribution is 9.09. The number of hydrogen-bond donors (Lipinski definition) is 0. The molecule has 13 heavy (non-hydrogen) atoms. The van der Waals surface area contributed by atoms with E-state index in [1.165, 1.54) is 28.4 Å². The van der Waals surface area contributed by atoms with Gasteiger partial charge in [0, 0.05) is 16.1 Å². The molecule has 0 saturated carbocycles. The Bertz CT molecular complexity index is 250. The molecule has 1 aromatic heterocycles. The highest BCUT2D eigenvalue weighted by Gasteiger charge is 2.08. The Morgan fingerprint density at radius 2 is 2.15 bits per heavy atom. The molecule has 74 valence electrons. The molecule has 0 saturated heterocycles. The zero-order valence-electron chi connectivity index (χ0n) is 8.43. The Kier molecular flexibility index (Phi) is 4.39. The summed E-state index contributed by atoms with van der Waals surface area (Å²) in [6, 6.07) is 0. The fraction of sp³-hybridized carbons (Fsp3) is 0.700. The molecular formula is C10H16BrNS. The number of aryl methyl sites for hydroxylation is 2. The first-order chi connectivity index (χ1) is 6.13. The van der Waals surface area contributed by atoms with E-state index in [4.69, 9.17) is 0 Å². The van der Waals surface area contributed by atoms with Gasteiger partial charge in [0.2, 0.25) is 0 Å². The summed E-state index contributed by atoms with van der Waals surface area (Å²) in [5, 5.41) is 1.27. The largest absolute Gasteiger partial charge is 0.246 e. The van der Waals surface area contributed by atoms with E-state index in [9.17, 15) is 0 Å². The molecule has 0 fully saturated rings. The van der Waals surface area contributed by atoms with Crippen LogP contribution in [0.2, 0.25) is 0 Å². The molecule has 1 nitrogen and oxygen atoms in total. The highest BCUT2D eigenvalue weighted by Crippen LogP contribution is 2.21. The standard InChI is InChI=1S/C10H16BrNS/c1-4-5-9(11)6-10-12-7(2)8(3)13-10/h9H,4-6H2,1-3H3. The van der Waals surface area contributed by atoms with Crippen LogP contribution in [0.1, 0.15) is 35.3 Å². The molecule has 0 aromatic carbocycles. The number of aromatic nitrogens is 1. The molecule has 1 atom stereocenters. The van der Waals surface area contributed by atoms with Gasteiger partial charge < -0.3 is 0 Å². The summed E-state index contributed by atoms with van der Waals surface area (Å²) in [7, 11) is 0. The molecule has 3 heteroatoms. The second kappa shape index (κ2) is 5.11. The van der Waals surface area contributed by atoms with Crippen molar-refractivity contribution in [1.82, 2.24) is 4.98 Å². The molecule has 0 radical (unpaired) electrons. The predicted molar refractivity (Wildman–Crippen MR) is 62.9 cm³/mol. The number of alkyl halides is 1. The van der Waals surface area contributed by atoms with Crippen LogP contribution >= 0.6 is 27.3 Å². The first-order valence-electron chi connectivity index (χ1n) is 4.70. The highest BCUT2D eigenvalue weighted by atomic mass is 79.9. The van der Waals surface area contributed by atoms with E-state index in [0.29, 0.717) is 4.83 Å². The molecule has 1 heterocycles. The van der Waals surface area contributed by atoms with Crippen LogP contribution in [0, 0.1) is 13.8 Å². The molecule has 0 aliphatic rings. The van der Waals surface area contributed by atoms with Crippen molar-refractivity contribution in [3.8, 4) is 0 Å². The van der Waals surface area contributed by atoms with E-state index >= 15 is 0 Å². The SMILES string of the molecule is CCCC(Br)Cc1nc(C)c(C)s1. The molecule has 0 spiro atoms. The Labute approximate surface area is 92.7 Å². The van der Waals surface area contributed by atoms with E-state index in [0.717, 1.165) is 6.42 Å². The number of rotatable bonds is 4. The third kappa shape index (κ3) is 3.39. The maximum absolute atomic E-state index is 4.52. The van der Waals surface area contributed by atoms with E-state index in [-0.39, 0.29) is 0 Å². The first-order valence-corrected chi connectivity index (χ1v) is 6.43. The van der Waals surface area contributed by atoms with Gasteiger partial charge in [-0.15, -0.1) is 11.3 Å². The van der Waals surface area contributed by atoms with Gasteiger partial charge in [0.1, 0.15) is 0 Å². The van der Waals surface area contributed by atoms with E-state index in [1.54, 1.807) is 0 Å². The van der Waals surface area contributed by atoms with Gasteiger partial charge in [-0.2, -0.15) is 0 Å². The van der Waals surface area contributed by atoms with E-state index in [2.05, 4.69) is 41.7 Å². The van der Waals surface area contributed by atoms with Crippen LogP contribution in [0.3, 0.4) is 0 Å². The minimum absolute atomic E-state index is 0.599. The van der Waals surface area contributed by atoms with Crippen molar-refractivity contribution in [2.45, 2.75) is 44.9 Å². The average molecular weight is 262 g/mol. The summed E-state index contributed by atoms with van der Waals surface area (Å²) >= 11 is 5.50. The summed E-state index contributed by atoms with van der Waals surface area (Å²) in [4.78, 5) is 6.47. The maximum atomic E-state index is 4.52. The molecular weight excluding hydrogens is 246 g/mol. The second-order valence-corrected chi connectivity index (χ2v) is 5.92. The zero-order chi connectivity index (χ0) is 9.84. The molecule has 1 aromatic rings. The Morgan fingerprint density at radius 1 is 1.46 bits per heavy atom. The average Bonchev–Trinajstić information content (AvgIpc) is 2.31. The van der Waals surface area contributed by atoms with Crippen LogP contribution in [0.25, 0.3) is 0 Å². The molecule has 0 aliphatic carbocycles. The molecule has 0 amide bonds. The number of halogens is 1. The summed E-state index contributed by atoms with van der Waals surface area (Å²) in [6.45, 7) is 6.44. The summed E-state index contributed by atoms with van der Waals surface area (Å²) in [5.74, 6) is 0. The van der Waals surface area contributed by atoms with Gasteiger partial charge in [0.15, 0.2) is 0 Å². The molecule has 0 aliphatic heterocycles. The van der Waals surface area contributed by atoms with Crippen LogP contribution in [-0.4, -0.2) is 9.81 Å². The number of nitrogens with zero attached hydrogens (tertiary/aromatic N) is 1.